The molecule has 0 saturated carbocycles. The third-order valence-electron chi connectivity index (χ3n) is 4.70. The molecule has 0 aliphatic rings. The van der Waals surface area contributed by atoms with E-state index in [1.54, 1.807) is 0 Å². The molecule has 25 heavy (non-hydrogen) atoms. The molecule has 1 heterocycles. The van der Waals surface area contributed by atoms with Crippen LogP contribution in [0.5, 0.6) is 0 Å². The number of hydrogen-bond acceptors (Lipinski definition) is 1. The van der Waals surface area contributed by atoms with E-state index in [1.165, 1.54) is 31.2 Å². The smallest absolute Gasteiger partial charge is 0.254 e. The molecule has 0 bridgehead atoms. The number of benzene rings is 1. The van der Waals surface area contributed by atoms with E-state index in [0.717, 1.165) is 30.6 Å². The third kappa shape index (κ3) is 5.77. The van der Waals surface area contributed by atoms with Gasteiger partial charge in [0.25, 0.3) is 5.91 Å². The van der Waals surface area contributed by atoms with Crippen molar-refractivity contribution in [2.45, 2.75) is 58.9 Å². The van der Waals surface area contributed by atoms with Crippen LogP contribution in [0.15, 0.2) is 42.6 Å². The monoisotopic (exact) mass is 340 g/mol. The normalized spacial score (nSPS) is 10.8. The van der Waals surface area contributed by atoms with Gasteiger partial charge in [-0.1, -0.05) is 45.2 Å². The zero-order valence-corrected chi connectivity index (χ0v) is 16.0. The highest BCUT2D eigenvalue weighted by atomic mass is 16.2. The maximum absolute atomic E-state index is 12.9. The van der Waals surface area contributed by atoms with Crippen LogP contribution in [-0.2, 0) is 20.0 Å². The molecule has 0 atom stereocenters. The zero-order valence-electron chi connectivity index (χ0n) is 16.0. The largest absolute Gasteiger partial charge is 0.353 e. The molecule has 1 amide bonds. The van der Waals surface area contributed by atoms with Crippen LogP contribution >= 0.6 is 0 Å². The second kappa shape index (κ2) is 10.1. The van der Waals surface area contributed by atoms with Gasteiger partial charge in [-0.3, -0.25) is 4.79 Å². The molecule has 3 heteroatoms. The van der Waals surface area contributed by atoms with Crippen LogP contribution in [0, 0.1) is 0 Å². The number of amides is 1. The molecule has 2 rings (SSSR count). The first-order valence-corrected chi connectivity index (χ1v) is 9.64. The van der Waals surface area contributed by atoms with Gasteiger partial charge in [0.2, 0.25) is 0 Å². The van der Waals surface area contributed by atoms with Gasteiger partial charge in [-0.15, -0.1) is 0 Å². The second-order valence-electron chi connectivity index (χ2n) is 6.84. The van der Waals surface area contributed by atoms with Crippen molar-refractivity contribution in [2.24, 2.45) is 7.05 Å². The summed E-state index contributed by atoms with van der Waals surface area (Å²) in [5.41, 5.74) is 3.28. The summed E-state index contributed by atoms with van der Waals surface area (Å²) in [6.07, 6.45) is 9.19. The number of aromatic nitrogens is 1. The molecular formula is C22H32N2O. The minimum absolute atomic E-state index is 0.126. The number of hydrogen-bond donors (Lipinski definition) is 0. The summed E-state index contributed by atoms with van der Waals surface area (Å²) < 4.78 is 2.08. The third-order valence-corrected chi connectivity index (χ3v) is 4.70. The maximum atomic E-state index is 12.9. The van der Waals surface area contributed by atoms with Gasteiger partial charge in [-0.2, -0.15) is 0 Å². The van der Waals surface area contributed by atoms with E-state index in [2.05, 4.69) is 36.6 Å². The van der Waals surface area contributed by atoms with Crippen LogP contribution in [0.3, 0.4) is 0 Å². The first kappa shape index (κ1) is 19.3. The number of aryl methyl sites for hydroxylation is 2. The Kier molecular flexibility index (Phi) is 7.77. The summed E-state index contributed by atoms with van der Waals surface area (Å²) in [6, 6.07) is 12.3. The van der Waals surface area contributed by atoms with Crippen LogP contribution in [-0.4, -0.2) is 21.9 Å². The minimum atomic E-state index is 0.126. The van der Waals surface area contributed by atoms with Crippen molar-refractivity contribution in [1.29, 1.82) is 0 Å². The predicted octanol–water partition coefficient (Wildman–Crippen LogP) is 5.20. The van der Waals surface area contributed by atoms with E-state index in [-0.39, 0.29) is 5.91 Å². The van der Waals surface area contributed by atoms with Gasteiger partial charge in [-0.25, -0.2) is 0 Å². The molecule has 136 valence electrons. The average molecular weight is 341 g/mol. The van der Waals surface area contributed by atoms with Crippen molar-refractivity contribution in [3.8, 4) is 0 Å². The lowest BCUT2D eigenvalue weighted by molar-refractivity contribution is 0.0740. The van der Waals surface area contributed by atoms with Crippen LogP contribution in [0.4, 0.5) is 0 Å². The van der Waals surface area contributed by atoms with Crippen LogP contribution in [0.25, 0.3) is 0 Å². The number of carbonyl (C=O) groups excluding carboxylic acids is 1. The summed E-state index contributed by atoms with van der Waals surface area (Å²) in [4.78, 5) is 14.8. The van der Waals surface area contributed by atoms with Crippen molar-refractivity contribution in [1.82, 2.24) is 9.47 Å². The Bertz CT molecular complexity index is 642. The Morgan fingerprint density at radius 3 is 2.36 bits per heavy atom. The van der Waals surface area contributed by atoms with Gasteiger partial charge >= 0.3 is 0 Å². The molecule has 0 N–H and O–H groups in total. The summed E-state index contributed by atoms with van der Waals surface area (Å²) in [5.74, 6) is 0.126. The van der Waals surface area contributed by atoms with Crippen molar-refractivity contribution in [3.63, 3.8) is 0 Å². The van der Waals surface area contributed by atoms with Gasteiger partial charge in [0, 0.05) is 31.0 Å². The van der Waals surface area contributed by atoms with E-state index < -0.39 is 0 Å². The first-order valence-electron chi connectivity index (χ1n) is 9.64. The van der Waals surface area contributed by atoms with Crippen molar-refractivity contribution < 1.29 is 4.79 Å². The highest BCUT2D eigenvalue weighted by molar-refractivity contribution is 5.94. The Morgan fingerprint density at radius 2 is 1.76 bits per heavy atom. The van der Waals surface area contributed by atoms with E-state index in [4.69, 9.17) is 0 Å². The average Bonchev–Trinajstić information content (AvgIpc) is 3.03. The SMILES string of the molecule is CCCCCCc1ccc(C(=O)N(CCC)Cc2cccn2C)cc1. The molecule has 0 unspecified atom stereocenters. The van der Waals surface area contributed by atoms with E-state index in [1.807, 2.05) is 36.3 Å². The zero-order chi connectivity index (χ0) is 18.1. The Balaban J connectivity index is 1.99. The van der Waals surface area contributed by atoms with E-state index >= 15 is 0 Å². The van der Waals surface area contributed by atoms with Gasteiger partial charge in [0.15, 0.2) is 0 Å². The van der Waals surface area contributed by atoms with Crippen LogP contribution < -0.4 is 0 Å². The summed E-state index contributed by atoms with van der Waals surface area (Å²) >= 11 is 0. The van der Waals surface area contributed by atoms with Crippen molar-refractivity contribution in [2.75, 3.05) is 6.54 Å². The van der Waals surface area contributed by atoms with Crippen LogP contribution in [0.2, 0.25) is 0 Å². The first-order chi connectivity index (χ1) is 12.2. The summed E-state index contributed by atoms with van der Waals surface area (Å²) in [7, 11) is 2.03. The molecule has 0 aliphatic carbocycles. The fourth-order valence-corrected chi connectivity index (χ4v) is 3.13. The van der Waals surface area contributed by atoms with Crippen LogP contribution in [0.1, 0.15) is 67.6 Å². The quantitative estimate of drug-likeness (QED) is 0.546. The lowest BCUT2D eigenvalue weighted by Gasteiger charge is -2.22. The molecule has 0 aliphatic heterocycles. The lowest BCUT2D eigenvalue weighted by atomic mass is 10.0. The Morgan fingerprint density at radius 1 is 1.00 bits per heavy atom. The van der Waals surface area contributed by atoms with Crippen molar-refractivity contribution in [3.05, 3.63) is 59.4 Å². The fourth-order valence-electron chi connectivity index (χ4n) is 3.13. The van der Waals surface area contributed by atoms with E-state index in [9.17, 15) is 4.79 Å². The molecule has 0 saturated heterocycles. The molecule has 0 radical (unpaired) electrons. The molecule has 2 aromatic rings. The van der Waals surface area contributed by atoms with Gasteiger partial charge in [-0.05, 0) is 49.1 Å². The molecule has 1 aromatic carbocycles. The lowest BCUT2D eigenvalue weighted by Crippen LogP contribution is -2.32. The second-order valence-corrected chi connectivity index (χ2v) is 6.84. The maximum Gasteiger partial charge on any atom is 0.254 e. The number of rotatable bonds is 10. The minimum Gasteiger partial charge on any atom is -0.353 e. The topological polar surface area (TPSA) is 25.2 Å². The fraction of sp³-hybridized carbons (Fsp3) is 0.500. The highest BCUT2D eigenvalue weighted by Gasteiger charge is 2.16. The van der Waals surface area contributed by atoms with Gasteiger partial charge in [0.1, 0.15) is 0 Å². The van der Waals surface area contributed by atoms with Gasteiger partial charge in [0.05, 0.1) is 6.54 Å². The molecule has 1 aromatic heterocycles. The molecule has 0 spiro atoms. The predicted molar refractivity (Wildman–Crippen MR) is 105 cm³/mol. The molecular weight excluding hydrogens is 308 g/mol. The van der Waals surface area contributed by atoms with E-state index in [0.29, 0.717) is 6.54 Å². The Labute approximate surface area is 152 Å². The summed E-state index contributed by atoms with van der Waals surface area (Å²) in [5, 5.41) is 0. The van der Waals surface area contributed by atoms with Crippen molar-refractivity contribution >= 4 is 5.91 Å². The molecule has 3 nitrogen and oxygen atoms in total. The standard InChI is InChI=1S/C22H32N2O/c1-4-6-7-8-10-19-12-14-20(15-13-19)22(25)24(16-5-2)18-21-11-9-17-23(21)3/h9,11-15,17H,4-8,10,16,18H2,1-3H3. The number of nitrogens with zero attached hydrogens (tertiary/aromatic N) is 2. The number of unbranched alkanes of at least 4 members (excludes halogenated alkanes) is 3. The molecule has 0 fully saturated rings. The summed E-state index contributed by atoms with van der Waals surface area (Å²) in [6.45, 7) is 5.79. The Hall–Kier alpha value is -2.03. The van der Waals surface area contributed by atoms with Gasteiger partial charge < -0.3 is 9.47 Å². The highest BCUT2D eigenvalue weighted by Crippen LogP contribution is 2.14. The number of carbonyl (C=O) groups is 1.